The minimum atomic E-state index is -4.09. The van der Waals surface area contributed by atoms with Crippen molar-refractivity contribution in [3.8, 4) is 11.5 Å². The molecule has 0 spiro atoms. The third kappa shape index (κ3) is 4.88. The van der Waals surface area contributed by atoms with Crippen molar-refractivity contribution in [2.24, 2.45) is 0 Å². The summed E-state index contributed by atoms with van der Waals surface area (Å²) in [5.41, 5.74) is 0.00731. The number of ether oxygens (including phenoxy) is 2. The van der Waals surface area contributed by atoms with Gasteiger partial charge in [-0.25, -0.2) is 14.2 Å². The SMILES string of the molecule is COC(=O)c1cc(C(=O)OC)cc(P(=O)(Oc2ccccc2)Oc2ccccc2)c1. The number of hydrogen-bond acceptors (Lipinski definition) is 7. The molecule has 0 amide bonds. The summed E-state index contributed by atoms with van der Waals surface area (Å²) in [6, 6.07) is 20.8. The van der Waals surface area contributed by atoms with Crippen molar-refractivity contribution in [1.82, 2.24) is 0 Å². The first-order chi connectivity index (χ1) is 14.4. The maximum atomic E-state index is 13.9. The molecule has 30 heavy (non-hydrogen) atoms. The lowest BCUT2D eigenvalue weighted by molar-refractivity contribution is 0.0599. The average Bonchev–Trinajstić information content (AvgIpc) is 2.78. The summed E-state index contributed by atoms with van der Waals surface area (Å²) >= 11 is 0. The minimum Gasteiger partial charge on any atom is -0.465 e. The zero-order valence-corrected chi connectivity index (χ0v) is 17.2. The number of para-hydroxylation sites is 2. The number of hydrogen-bond donors (Lipinski definition) is 0. The summed E-state index contributed by atoms with van der Waals surface area (Å²) < 4.78 is 34.9. The van der Waals surface area contributed by atoms with Gasteiger partial charge in [0.2, 0.25) is 0 Å². The third-order valence-corrected chi connectivity index (χ3v) is 5.81. The Labute approximate surface area is 173 Å². The van der Waals surface area contributed by atoms with Crippen LogP contribution < -0.4 is 14.4 Å². The van der Waals surface area contributed by atoms with Gasteiger partial charge in [-0.15, -0.1) is 0 Å². The minimum absolute atomic E-state index is 0.00138. The van der Waals surface area contributed by atoms with Crippen LogP contribution in [-0.2, 0) is 14.0 Å². The molecule has 0 unspecified atom stereocenters. The van der Waals surface area contributed by atoms with E-state index in [1.54, 1.807) is 60.7 Å². The highest BCUT2D eigenvalue weighted by Gasteiger charge is 2.33. The Hall–Kier alpha value is -3.57. The molecule has 0 radical (unpaired) electrons. The molecular weight excluding hydrogens is 407 g/mol. The molecular formula is C22H19O7P. The Morgan fingerprint density at radius 2 is 1.07 bits per heavy atom. The molecule has 0 saturated carbocycles. The molecule has 0 aliphatic rings. The lowest BCUT2D eigenvalue weighted by Gasteiger charge is -2.21. The van der Waals surface area contributed by atoms with Crippen molar-refractivity contribution in [2.45, 2.75) is 0 Å². The molecule has 0 aromatic heterocycles. The molecule has 8 heteroatoms. The lowest BCUT2D eigenvalue weighted by atomic mass is 10.1. The molecule has 154 valence electrons. The Morgan fingerprint density at radius 1 is 0.667 bits per heavy atom. The highest BCUT2D eigenvalue weighted by atomic mass is 31.2. The van der Waals surface area contributed by atoms with E-state index in [0.29, 0.717) is 11.5 Å². The zero-order valence-electron chi connectivity index (χ0n) is 16.3. The fourth-order valence-corrected chi connectivity index (χ4v) is 4.25. The van der Waals surface area contributed by atoms with Gasteiger partial charge in [-0.1, -0.05) is 36.4 Å². The van der Waals surface area contributed by atoms with Gasteiger partial charge in [-0.3, -0.25) is 0 Å². The second-order valence-corrected chi connectivity index (χ2v) is 7.93. The Balaban J connectivity index is 2.15. The highest BCUT2D eigenvalue weighted by Crippen LogP contribution is 2.47. The van der Waals surface area contributed by atoms with Crippen molar-refractivity contribution >= 4 is 24.8 Å². The molecule has 3 aromatic carbocycles. The molecule has 0 aliphatic heterocycles. The van der Waals surface area contributed by atoms with E-state index < -0.39 is 19.5 Å². The van der Waals surface area contributed by atoms with Crippen LogP contribution in [-0.4, -0.2) is 26.2 Å². The number of carbonyl (C=O) groups is 2. The Bertz CT molecular complexity index is 1000. The van der Waals surface area contributed by atoms with Crippen LogP contribution in [0.2, 0.25) is 0 Å². The standard InChI is InChI=1S/C22H19O7P/c1-26-21(23)16-13-17(22(24)27-2)15-20(14-16)30(25,28-18-9-5-3-6-10-18)29-19-11-7-4-8-12-19/h3-15H,1-2H3. The summed E-state index contributed by atoms with van der Waals surface area (Å²) in [6.07, 6.45) is 0. The van der Waals surface area contributed by atoms with E-state index >= 15 is 0 Å². The number of esters is 2. The van der Waals surface area contributed by atoms with E-state index in [2.05, 4.69) is 0 Å². The molecule has 3 rings (SSSR count). The molecule has 0 atom stereocenters. The van der Waals surface area contributed by atoms with Crippen LogP contribution in [0.25, 0.3) is 0 Å². The predicted octanol–water partition coefficient (Wildman–Crippen LogP) is 4.24. The number of carbonyl (C=O) groups excluding carboxylic acids is 2. The van der Waals surface area contributed by atoms with Crippen LogP contribution in [0.3, 0.4) is 0 Å². The van der Waals surface area contributed by atoms with Crippen LogP contribution in [0.4, 0.5) is 0 Å². The van der Waals surface area contributed by atoms with Gasteiger partial charge in [0.05, 0.1) is 30.7 Å². The van der Waals surface area contributed by atoms with E-state index in [1.165, 1.54) is 32.4 Å². The fraction of sp³-hybridized carbons (Fsp3) is 0.0909. The summed E-state index contributed by atoms with van der Waals surface area (Å²) in [5.74, 6) is -0.847. The van der Waals surface area contributed by atoms with Gasteiger partial charge in [-0.05, 0) is 42.5 Å². The largest absolute Gasteiger partial charge is 0.465 e. The quantitative estimate of drug-likeness (QED) is 0.413. The summed E-state index contributed by atoms with van der Waals surface area (Å²) in [6.45, 7) is 0. The maximum Gasteiger partial charge on any atom is 0.462 e. The van der Waals surface area contributed by atoms with E-state index in [1.807, 2.05) is 0 Å². The zero-order chi connectivity index (χ0) is 21.6. The normalized spacial score (nSPS) is 10.7. The first-order valence-corrected chi connectivity index (χ1v) is 10.4. The van der Waals surface area contributed by atoms with Gasteiger partial charge in [0, 0.05) is 0 Å². The predicted molar refractivity (Wildman–Crippen MR) is 111 cm³/mol. The monoisotopic (exact) mass is 426 g/mol. The molecule has 0 aliphatic carbocycles. The molecule has 0 heterocycles. The first-order valence-electron chi connectivity index (χ1n) is 8.87. The van der Waals surface area contributed by atoms with E-state index in [0.717, 1.165) is 0 Å². The molecule has 3 aromatic rings. The Morgan fingerprint density at radius 3 is 1.43 bits per heavy atom. The summed E-state index contributed by atoms with van der Waals surface area (Å²) in [5, 5.41) is -0.00138. The van der Waals surface area contributed by atoms with E-state index in [9.17, 15) is 14.2 Å². The molecule has 0 bridgehead atoms. The van der Waals surface area contributed by atoms with Crippen LogP contribution in [0.1, 0.15) is 20.7 Å². The van der Waals surface area contributed by atoms with Crippen molar-refractivity contribution in [3.05, 3.63) is 90.0 Å². The van der Waals surface area contributed by atoms with Crippen LogP contribution in [0.5, 0.6) is 11.5 Å². The molecule has 0 fully saturated rings. The maximum absolute atomic E-state index is 13.9. The van der Waals surface area contributed by atoms with Gasteiger partial charge in [0.25, 0.3) is 0 Å². The van der Waals surface area contributed by atoms with E-state index in [4.69, 9.17) is 18.5 Å². The highest BCUT2D eigenvalue weighted by molar-refractivity contribution is 7.63. The number of methoxy groups -OCH3 is 2. The van der Waals surface area contributed by atoms with Gasteiger partial charge < -0.3 is 18.5 Å². The second-order valence-electron chi connectivity index (χ2n) is 6.06. The second kappa shape index (κ2) is 9.29. The Kier molecular flexibility index (Phi) is 6.54. The fourth-order valence-electron chi connectivity index (χ4n) is 2.60. The lowest BCUT2D eigenvalue weighted by Crippen LogP contribution is -2.19. The van der Waals surface area contributed by atoms with Crippen molar-refractivity contribution in [2.75, 3.05) is 14.2 Å². The molecule has 0 N–H and O–H groups in total. The molecule has 7 nitrogen and oxygen atoms in total. The van der Waals surface area contributed by atoms with E-state index in [-0.39, 0.29) is 16.4 Å². The van der Waals surface area contributed by atoms with Crippen molar-refractivity contribution in [3.63, 3.8) is 0 Å². The number of benzene rings is 3. The molecule has 0 saturated heterocycles. The number of rotatable bonds is 7. The van der Waals surface area contributed by atoms with Crippen LogP contribution in [0.15, 0.2) is 78.9 Å². The smallest absolute Gasteiger partial charge is 0.462 e. The van der Waals surface area contributed by atoms with Crippen LogP contribution in [0, 0.1) is 0 Å². The summed E-state index contributed by atoms with van der Waals surface area (Å²) in [7, 11) is -1.68. The average molecular weight is 426 g/mol. The summed E-state index contributed by atoms with van der Waals surface area (Å²) in [4.78, 5) is 24.3. The van der Waals surface area contributed by atoms with Gasteiger partial charge in [-0.2, -0.15) is 0 Å². The van der Waals surface area contributed by atoms with Crippen LogP contribution >= 0.6 is 7.60 Å². The topological polar surface area (TPSA) is 88.1 Å². The van der Waals surface area contributed by atoms with Crippen molar-refractivity contribution < 1.29 is 32.7 Å². The first kappa shape index (κ1) is 21.1. The van der Waals surface area contributed by atoms with Gasteiger partial charge in [0.1, 0.15) is 11.5 Å². The van der Waals surface area contributed by atoms with Gasteiger partial charge >= 0.3 is 19.5 Å². The third-order valence-electron chi connectivity index (χ3n) is 4.01. The van der Waals surface area contributed by atoms with Gasteiger partial charge in [0.15, 0.2) is 0 Å². The van der Waals surface area contributed by atoms with Crippen molar-refractivity contribution in [1.29, 1.82) is 0 Å².